The van der Waals surface area contributed by atoms with E-state index in [1.54, 1.807) is 0 Å². The van der Waals surface area contributed by atoms with Gasteiger partial charge in [0, 0.05) is 26.5 Å². The lowest BCUT2D eigenvalue weighted by Gasteiger charge is -2.12. The Morgan fingerprint density at radius 1 is 0.630 bits per heavy atom. The van der Waals surface area contributed by atoms with Crippen LogP contribution in [0.25, 0.3) is 38.6 Å². The van der Waals surface area contributed by atoms with Gasteiger partial charge >= 0.3 is 0 Å². The topological polar surface area (TPSA) is 4.93 Å². The van der Waals surface area contributed by atoms with Crippen molar-refractivity contribution in [3.8, 4) is 16.8 Å². The van der Waals surface area contributed by atoms with Crippen LogP contribution in [-0.4, -0.2) is 4.57 Å². The summed E-state index contributed by atoms with van der Waals surface area (Å²) in [5.74, 6) is 0. The second-order valence-electron chi connectivity index (χ2n) is 7.14. The lowest BCUT2D eigenvalue weighted by Crippen LogP contribution is -1.96. The zero-order chi connectivity index (χ0) is 18.0. The van der Waals surface area contributed by atoms with Crippen molar-refractivity contribution >= 4 is 37.7 Å². The quantitative estimate of drug-likeness (QED) is 0.272. The van der Waals surface area contributed by atoms with E-state index in [4.69, 9.17) is 0 Å². The van der Waals surface area contributed by atoms with Gasteiger partial charge in [0.05, 0.1) is 11.0 Å². The fourth-order valence-electron chi connectivity index (χ4n) is 4.56. The molecule has 0 fully saturated rings. The Morgan fingerprint density at radius 3 is 2.30 bits per heavy atom. The Kier molecular flexibility index (Phi) is 3.15. The SMILES string of the molecule is Brc1cccc2c3ccc4c(c3n(-c3ccccc3)c12)-c1ccccc1C4. The van der Waals surface area contributed by atoms with E-state index < -0.39 is 0 Å². The summed E-state index contributed by atoms with van der Waals surface area (Å²) >= 11 is 3.81. The van der Waals surface area contributed by atoms with Crippen molar-refractivity contribution < 1.29 is 0 Å². The van der Waals surface area contributed by atoms with Crippen molar-refractivity contribution in [1.82, 2.24) is 4.57 Å². The van der Waals surface area contributed by atoms with Gasteiger partial charge in [-0.05, 0) is 57.2 Å². The molecule has 1 aromatic heterocycles. The molecule has 1 aliphatic carbocycles. The van der Waals surface area contributed by atoms with Crippen LogP contribution in [0.5, 0.6) is 0 Å². The maximum atomic E-state index is 3.81. The Labute approximate surface area is 166 Å². The lowest BCUT2D eigenvalue weighted by atomic mass is 10.0. The first kappa shape index (κ1) is 15.2. The van der Waals surface area contributed by atoms with Gasteiger partial charge in [-0.15, -0.1) is 0 Å². The molecule has 4 aromatic carbocycles. The molecule has 0 saturated heterocycles. The highest BCUT2D eigenvalue weighted by Gasteiger charge is 2.25. The molecule has 0 amide bonds. The monoisotopic (exact) mass is 409 g/mol. The summed E-state index contributed by atoms with van der Waals surface area (Å²) in [6.07, 6.45) is 1.01. The highest BCUT2D eigenvalue weighted by molar-refractivity contribution is 9.10. The van der Waals surface area contributed by atoms with Crippen LogP contribution < -0.4 is 0 Å². The van der Waals surface area contributed by atoms with Crippen molar-refractivity contribution in [2.45, 2.75) is 6.42 Å². The molecule has 0 saturated carbocycles. The molecular weight excluding hydrogens is 394 g/mol. The van der Waals surface area contributed by atoms with Gasteiger partial charge in [0.2, 0.25) is 0 Å². The molecular formula is C25H16BrN. The maximum absolute atomic E-state index is 3.81. The van der Waals surface area contributed by atoms with Gasteiger partial charge in [-0.1, -0.05) is 66.7 Å². The molecule has 0 unspecified atom stereocenters. The summed E-state index contributed by atoms with van der Waals surface area (Å²) in [6.45, 7) is 0. The predicted molar refractivity (Wildman–Crippen MR) is 117 cm³/mol. The minimum Gasteiger partial charge on any atom is -0.307 e. The lowest BCUT2D eigenvalue weighted by molar-refractivity contribution is 1.17. The molecule has 0 spiro atoms. The summed E-state index contributed by atoms with van der Waals surface area (Å²) in [5.41, 5.74) is 9.33. The number of aromatic nitrogens is 1. The number of fused-ring (bicyclic) bond motifs is 7. The molecule has 0 aliphatic heterocycles. The van der Waals surface area contributed by atoms with Gasteiger partial charge in [-0.3, -0.25) is 0 Å². The molecule has 128 valence electrons. The molecule has 0 bridgehead atoms. The van der Waals surface area contributed by atoms with Crippen LogP contribution in [0.2, 0.25) is 0 Å². The molecule has 0 N–H and O–H groups in total. The third kappa shape index (κ3) is 2.05. The third-order valence-electron chi connectivity index (χ3n) is 5.67. The molecule has 27 heavy (non-hydrogen) atoms. The van der Waals surface area contributed by atoms with E-state index in [0.717, 1.165) is 10.9 Å². The van der Waals surface area contributed by atoms with Gasteiger partial charge in [-0.2, -0.15) is 0 Å². The smallest absolute Gasteiger partial charge is 0.0683 e. The van der Waals surface area contributed by atoms with E-state index in [0.29, 0.717) is 0 Å². The molecule has 6 rings (SSSR count). The molecule has 1 nitrogen and oxygen atoms in total. The van der Waals surface area contributed by atoms with Crippen molar-refractivity contribution in [3.63, 3.8) is 0 Å². The predicted octanol–water partition coefficient (Wildman–Crippen LogP) is 7.12. The summed E-state index contributed by atoms with van der Waals surface area (Å²) in [6, 6.07) is 30.6. The second kappa shape index (κ2) is 5.58. The number of para-hydroxylation sites is 2. The van der Waals surface area contributed by atoms with E-state index in [1.165, 1.54) is 49.7 Å². The number of nitrogens with zero attached hydrogens (tertiary/aromatic N) is 1. The highest BCUT2D eigenvalue weighted by atomic mass is 79.9. The molecule has 5 aromatic rings. The van der Waals surface area contributed by atoms with Crippen molar-refractivity contribution in [3.05, 3.63) is 101 Å². The number of halogens is 1. The fourth-order valence-corrected chi connectivity index (χ4v) is 5.10. The first-order valence-electron chi connectivity index (χ1n) is 9.21. The maximum Gasteiger partial charge on any atom is 0.0683 e. The zero-order valence-electron chi connectivity index (χ0n) is 14.6. The standard InChI is InChI=1S/C25H16BrN/c26-22-12-6-11-20-21-14-13-17-15-16-7-4-5-10-19(16)23(17)25(21)27(24(20)22)18-8-2-1-3-9-18/h1-14H,15H2. The van der Waals surface area contributed by atoms with Crippen LogP contribution in [0, 0.1) is 0 Å². The van der Waals surface area contributed by atoms with E-state index in [9.17, 15) is 0 Å². The van der Waals surface area contributed by atoms with E-state index in [2.05, 4.69) is 105 Å². The minimum atomic E-state index is 1.01. The molecule has 2 heteroatoms. The van der Waals surface area contributed by atoms with Gasteiger partial charge in [0.15, 0.2) is 0 Å². The van der Waals surface area contributed by atoms with E-state index >= 15 is 0 Å². The van der Waals surface area contributed by atoms with Gasteiger partial charge < -0.3 is 4.57 Å². The Bertz CT molecular complexity index is 1350. The van der Waals surface area contributed by atoms with E-state index in [-0.39, 0.29) is 0 Å². The minimum absolute atomic E-state index is 1.01. The number of hydrogen-bond donors (Lipinski definition) is 0. The summed E-state index contributed by atoms with van der Waals surface area (Å²) < 4.78 is 3.55. The summed E-state index contributed by atoms with van der Waals surface area (Å²) in [7, 11) is 0. The van der Waals surface area contributed by atoms with Crippen molar-refractivity contribution in [2.24, 2.45) is 0 Å². The molecule has 1 aliphatic rings. The van der Waals surface area contributed by atoms with Crippen molar-refractivity contribution in [2.75, 3.05) is 0 Å². The molecule has 1 heterocycles. The third-order valence-corrected chi connectivity index (χ3v) is 6.31. The Balaban J connectivity index is 1.88. The fraction of sp³-hybridized carbons (Fsp3) is 0.0400. The first-order valence-corrected chi connectivity index (χ1v) is 10.0. The van der Waals surface area contributed by atoms with Crippen LogP contribution in [0.1, 0.15) is 11.1 Å². The molecule has 0 radical (unpaired) electrons. The highest BCUT2D eigenvalue weighted by Crippen LogP contribution is 2.46. The van der Waals surface area contributed by atoms with E-state index in [1.807, 2.05) is 0 Å². The number of benzene rings is 4. The summed E-state index contributed by atoms with van der Waals surface area (Å²) in [5, 5.41) is 2.60. The zero-order valence-corrected chi connectivity index (χ0v) is 16.2. The number of rotatable bonds is 1. The largest absolute Gasteiger partial charge is 0.307 e. The average Bonchev–Trinajstić information content (AvgIpc) is 3.25. The van der Waals surface area contributed by atoms with Crippen LogP contribution in [0.15, 0.2) is 89.4 Å². The second-order valence-corrected chi connectivity index (χ2v) is 7.99. The van der Waals surface area contributed by atoms with Crippen molar-refractivity contribution in [1.29, 1.82) is 0 Å². The average molecular weight is 410 g/mol. The normalized spacial score (nSPS) is 12.5. The Hall–Kier alpha value is -2.84. The number of hydrogen-bond acceptors (Lipinski definition) is 0. The Morgan fingerprint density at radius 2 is 1.41 bits per heavy atom. The van der Waals surface area contributed by atoms with Crippen LogP contribution in [0.4, 0.5) is 0 Å². The van der Waals surface area contributed by atoms with Gasteiger partial charge in [-0.25, -0.2) is 0 Å². The van der Waals surface area contributed by atoms with Crippen LogP contribution >= 0.6 is 15.9 Å². The van der Waals surface area contributed by atoms with Gasteiger partial charge in [0.25, 0.3) is 0 Å². The molecule has 0 atom stereocenters. The van der Waals surface area contributed by atoms with Crippen LogP contribution in [0.3, 0.4) is 0 Å². The van der Waals surface area contributed by atoms with Crippen LogP contribution in [-0.2, 0) is 6.42 Å². The van der Waals surface area contributed by atoms with Gasteiger partial charge in [0.1, 0.15) is 0 Å². The summed E-state index contributed by atoms with van der Waals surface area (Å²) in [4.78, 5) is 0. The first-order chi connectivity index (χ1) is 13.3.